The summed E-state index contributed by atoms with van der Waals surface area (Å²) in [6.45, 7) is 0. The number of fused-ring (bicyclic) bond motifs is 1. The van der Waals surface area contributed by atoms with Crippen LogP contribution in [-0.2, 0) is 0 Å². The third-order valence-electron chi connectivity index (χ3n) is 3.83. The lowest BCUT2D eigenvalue weighted by Gasteiger charge is -2.20. The van der Waals surface area contributed by atoms with E-state index >= 15 is 0 Å². The minimum absolute atomic E-state index is 0.180. The molecule has 0 amide bonds. The number of hydrogen-bond donors (Lipinski definition) is 2. The minimum Gasteiger partial charge on any atom is -0.505 e. The molecule has 0 bridgehead atoms. The Morgan fingerprint density at radius 2 is 1.83 bits per heavy atom. The molecule has 0 saturated heterocycles. The van der Waals surface area contributed by atoms with Gasteiger partial charge in [-0.05, 0) is 23.8 Å². The summed E-state index contributed by atoms with van der Waals surface area (Å²) in [5.41, 5.74) is 2.34. The Kier molecular flexibility index (Phi) is 3.80. The lowest BCUT2D eigenvalue weighted by atomic mass is 9.97. The van der Waals surface area contributed by atoms with Crippen LogP contribution in [0.25, 0.3) is 10.9 Å². The van der Waals surface area contributed by atoms with Gasteiger partial charge in [-0.1, -0.05) is 18.2 Å². The Labute approximate surface area is 142 Å². The van der Waals surface area contributed by atoms with Crippen molar-refractivity contribution in [3.63, 3.8) is 0 Å². The fourth-order valence-corrected chi connectivity index (χ4v) is 3.25. The van der Waals surface area contributed by atoms with Crippen molar-refractivity contribution in [3.8, 4) is 5.75 Å². The number of rotatable bonds is 4. The first kappa shape index (κ1) is 14.6. The first-order valence-electron chi connectivity index (χ1n) is 7.45. The molecule has 4 rings (SSSR count). The van der Waals surface area contributed by atoms with Crippen LogP contribution >= 0.6 is 11.3 Å². The monoisotopic (exact) mass is 334 g/mol. The Bertz CT molecular complexity index is 957. The first-order valence-corrected chi connectivity index (χ1v) is 8.33. The second-order valence-corrected chi connectivity index (χ2v) is 6.17. The highest BCUT2D eigenvalue weighted by Crippen LogP contribution is 2.36. The molecule has 1 aromatic carbocycles. The van der Waals surface area contributed by atoms with Crippen LogP contribution in [0.15, 0.2) is 66.6 Å². The number of aromatic nitrogens is 3. The van der Waals surface area contributed by atoms with Crippen molar-refractivity contribution in [1.29, 1.82) is 0 Å². The van der Waals surface area contributed by atoms with E-state index in [0.717, 1.165) is 21.6 Å². The lowest BCUT2D eigenvalue weighted by Crippen LogP contribution is -2.12. The topological polar surface area (TPSA) is 70.9 Å². The van der Waals surface area contributed by atoms with Crippen LogP contribution in [0.3, 0.4) is 0 Å². The number of thiazole rings is 1. The molecular formula is C18H14N4OS. The summed E-state index contributed by atoms with van der Waals surface area (Å²) in [4.78, 5) is 12.7. The van der Waals surface area contributed by atoms with Gasteiger partial charge in [0.1, 0.15) is 11.3 Å². The van der Waals surface area contributed by atoms with E-state index in [1.165, 1.54) is 11.3 Å². The van der Waals surface area contributed by atoms with Gasteiger partial charge in [-0.3, -0.25) is 9.97 Å². The molecule has 24 heavy (non-hydrogen) atoms. The number of benzene rings is 1. The number of anilines is 1. The fourth-order valence-electron chi connectivity index (χ4n) is 2.69. The number of pyridine rings is 2. The number of phenols is 1. The Morgan fingerprint density at radius 1 is 0.958 bits per heavy atom. The van der Waals surface area contributed by atoms with Gasteiger partial charge in [-0.25, -0.2) is 4.98 Å². The highest BCUT2D eigenvalue weighted by molar-refractivity contribution is 7.13. The molecule has 3 aromatic heterocycles. The van der Waals surface area contributed by atoms with E-state index in [1.807, 2.05) is 41.8 Å². The molecule has 0 saturated carbocycles. The van der Waals surface area contributed by atoms with Gasteiger partial charge in [0.15, 0.2) is 5.13 Å². The molecule has 2 N–H and O–H groups in total. The molecule has 3 heterocycles. The van der Waals surface area contributed by atoms with Crippen LogP contribution < -0.4 is 5.32 Å². The molecule has 0 aliphatic heterocycles. The number of aromatic hydroxyl groups is 1. The van der Waals surface area contributed by atoms with Crippen molar-refractivity contribution in [2.75, 3.05) is 5.32 Å². The molecule has 0 fully saturated rings. The summed E-state index contributed by atoms with van der Waals surface area (Å²) in [5.74, 6) is 0.180. The van der Waals surface area contributed by atoms with Crippen LogP contribution in [-0.4, -0.2) is 20.1 Å². The maximum absolute atomic E-state index is 10.8. The second kappa shape index (κ2) is 6.25. The summed E-state index contributed by atoms with van der Waals surface area (Å²) in [6.07, 6.45) is 6.91. The molecule has 0 radical (unpaired) electrons. The molecule has 0 unspecified atom stereocenters. The fraction of sp³-hybridized carbons (Fsp3) is 0.0556. The molecule has 118 valence electrons. The first-order chi connectivity index (χ1) is 11.8. The standard InChI is InChI=1S/C18H14N4OS/c23-17-14(4-3-12-2-1-7-20-16(12)17)15(13-5-8-19-9-6-13)22-18-21-10-11-24-18/h1-11,15,23H,(H,21,22)/t15-/m1/s1. The van der Waals surface area contributed by atoms with E-state index in [0.29, 0.717) is 5.52 Å². The summed E-state index contributed by atoms with van der Waals surface area (Å²) in [7, 11) is 0. The van der Waals surface area contributed by atoms with Crippen molar-refractivity contribution >= 4 is 27.4 Å². The number of nitrogens with one attached hydrogen (secondary N) is 1. The van der Waals surface area contributed by atoms with Gasteiger partial charge in [-0.2, -0.15) is 0 Å². The van der Waals surface area contributed by atoms with Crippen LogP contribution in [0, 0.1) is 0 Å². The zero-order valence-electron chi connectivity index (χ0n) is 12.6. The molecule has 0 aliphatic rings. The van der Waals surface area contributed by atoms with Gasteiger partial charge in [0.2, 0.25) is 0 Å². The third-order valence-corrected chi connectivity index (χ3v) is 4.53. The molecular weight excluding hydrogens is 320 g/mol. The zero-order valence-corrected chi connectivity index (χ0v) is 13.4. The predicted molar refractivity (Wildman–Crippen MR) is 95.2 cm³/mol. The van der Waals surface area contributed by atoms with E-state index < -0.39 is 0 Å². The number of phenolic OH excluding ortho intramolecular Hbond substituents is 1. The number of hydrogen-bond acceptors (Lipinski definition) is 6. The van der Waals surface area contributed by atoms with E-state index in [4.69, 9.17) is 0 Å². The van der Waals surface area contributed by atoms with Gasteiger partial charge >= 0.3 is 0 Å². The largest absolute Gasteiger partial charge is 0.505 e. The average Bonchev–Trinajstić information content (AvgIpc) is 3.15. The van der Waals surface area contributed by atoms with Crippen molar-refractivity contribution in [1.82, 2.24) is 15.0 Å². The molecule has 0 spiro atoms. The highest BCUT2D eigenvalue weighted by Gasteiger charge is 2.20. The Morgan fingerprint density at radius 3 is 2.62 bits per heavy atom. The van der Waals surface area contributed by atoms with Gasteiger partial charge in [0.05, 0.1) is 6.04 Å². The third kappa shape index (κ3) is 2.68. The Hall–Kier alpha value is -2.99. The van der Waals surface area contributed by atoms with Crippen molar-refractivity contribution in [3.05, 3.63) is 77.7 Å². The maximum atomic E-state index is 10.8. The molecule has 5 nitrogen and oxygen atoms in total. The quantitative estimate of drug-likeness (QED) is 0.590. The summed E-state index contributed by atoms with van der Waals surface area (Å²) >= 11 is 1.51. The van der Waals surface area contributed by atoms with E-state index in [-0.39, 0.29) is 11.8 Å². The van der Waals surface area contributed by atoms with Crippen molar-refractivity contribution < 1.29 is 5.11 Å². The smallest absolute Gasteiger partial charge is 0.183 e. The van der Waals surface area contributed by atoms with Gasteiger partial charge in [0.25, 0.3) is 0 Å². The van der Waals surface area contributed by atoms with Crippen LogP contribution in [0.2, 0.25) is 0 Å². The zero-order chi connectivity index (χ0) is 16.4. The summed E-state index contributed by atoms with van der Waals surface area (Å²) in [6, 6.07) is 11.3. The predicted octanol–water partition coefficient (Wildman–Crippen LogP) is 3.99. The van der Waals surface area contributed by atoms with Crippen LogP contribution in [0.4, 0.5) is 5.13 Å². The summed E-state index contributed by atoms with van der Waals surface area (Å²) < 4.78 is 0. The molecule has 6 heteroatoms. The van der Waals surface area contributed by atoms with E-state index in [1.54, 1.807) is 24.8 Å². The summed E-state index contributed by atoms with van der Waals surface area (Å²) in [5, 5.41) is 17.8. The van der Waals surface area contributed by atoms with Gasteiger partial charge < -0.3 is 10.4 Å². The van der Waals surface area contributed by atoms with Crippen LogP contribution in [0.5, 0.6) is 5.75 Å². The van der Waals surface area contributed by atoms with Gasteiger partial charge in [0, 0.05) is 41.1 Å². The maximum Gasteiger partial charge on any atom is 0.183 e. The molecule has 0 aliphatic carbocycles. The van der Waals surface area contributed by atoms with Crippen molar-refractivity contribution in [2.45, 2.75) is 6.04 Å². The van der Waals surface area contributed by atoms with E-state index in [2.05, 4.69) is 20.3 Å². The average molecular weight is 334 g/mol. The Balaban J connectivity index is 1.85. The minimum atomic E-state index is -0.245. The highest BCUT2D eigenvalue weighted by atomic mass is 32.1. The molecule has 4 aromatic rings. The normalized spacial score (nSPS) is 12.2. The number of nitrogens with zero attached hydrogens (tertiary/aromatic N) is 3. The SMILES string of the molecule is Oc1c([C@H](Nc2nccs2)c2ccncc2)ccc2cccnc12. The van der Waals surface area contributed by atoms with E-state index in [9.17, 15) is 5.11 Å². The second-order valence-electron chi connectivity index (χ2n) is 5.27. The van der Waals surface area contributed by atoms with Crippen molar-refractivity contribution in [2.24, 2.45) is 0 Å². The lowest BCUT2D eigenvalue weighted by molar-refractivity contribution is 0.471. The van der Waals surface area contributed by atoms with Crippen LogP contribution in [0.1, 0.15) is 17.2 Å². The van der Waals surface area contributed by atoms with Gasteiger partial charge in [-0.15, -0.1) is 11.3 Å². The molecule has 1 atom stereocenters.